The smallest absolute Gasteiger partial charge is 0.408 e. The van der Waals surface area contributed by atoms with E-state index in [2.05, 4.69) is 5.32 Å². The number of methoxy groups -OCH3 is 1. The number of hydrogen-bond donors (Lipinski definition) is 1. The monoisotopic (exact) mass is 354 g/mol. The van der Waals surface area contributed by atoms with Crippen LogP contribution in [0.1, 0.15) is 18.5 Å². The second-order valence-electron chi connectivity index (χ2n) is 5.07. The van der Waals surface area contributed by atoms with E-state index in [9.17, 15) is 13.2 Å². The van der Waals surface area contributed by atoms with E-state index in [1.807, 2.05) is 0 Å². The van der Waals surface area contributed by atoms with Crippen LogP contribution in [0.5, 0.6) is 11.5 Å². The molecule has 1 N–H and O–H groups in total. The molecule has 4 nitrogen and oxygen atoms in total. The van der Waals surface area contributed by atoms with E-state index >= 15 is 0 Å². The fourth-order valence-corrected chi connectivity index (χ4v) is 2.68. The largest absolute Gasteiger partial charge is 0.493 e. The molecular formula is C15H22ClF3N2O2. The van der Waals surface area contributed by atoms with E-state index in [1.165, 1.54) is 30.2 Å². The van der Waals surface area contributed by atoms with Crippen LogP contribution in [0.2, 0.25) is 0 Å². The summed E-state index contributed by atoms with van der Waals surface area (Å²) in [5.41, 5.74) is 0.179. The summed E-state index contributed by atoms with van der Waals surface area (Å²) in [6, 6.07) is 2.80. The minimum atomic E-state index is -4.34. The second kappa shape index (κ2) is 8.61. The van der Waals surface area contributed by atoms with Crippen molar-refractivity contribution in [1.29, 1.82) is 0 Å². The Morgan fingerprint density at radius 3 is 2.39 bits per heavy atom. The standard InChI is InChI=1S/C15H21F3N2O2.ClH/c1-3-22-13-10-11(4-5-12(13)21-2)14(15(16,17)18)20-8-6-19-7-9-20;/h4-5,10,14,19H,3,6-9H2,1-2H3;1H/t14-;/m1./s1. The molecule has 1 aromatic rings. The molecule has 1 atom stereocenters. The second-order valence-corrected chi connectivity index (χ2v) is 5.07. The van der Waals surface area contributed by atoms with E-state index < -0.39 is 12.2 Å². The van der Waals surface area contributed by atoms with E-state index in [0.29, 0.717) is 44.3 Å². The van der Waals surface area contributed by atoms with Gasteiger partial charge in [-0.1, -0.05) is 6.07 Å². The number of piperazine rings is 1. The molecule has 0 amide bonds. The van der Waals surface area contributed by atoms with Gasteiger partial charge in [0, 0.05) is 26.2 Å². The molecule has 0 unspecified atom stereocenters. The number of halogens is 4. The van der Waals surface area contributed by atoms with Crippen LogP contribution in [0, 0.1) is 0 Å². The van der Waals surface area contributed by atoms with Gasteiger partial charge >= 0.3 is 6.18 Å². The van der Waals surface area contributed by atoms with Crippen LogP contribution >= 0.6 is 12.4 Å². The molecule has 0 aliphatic carbocycles. The first kappa shape index (κ1) is 19.9. The van der Waals surface area contributed by atoms with E-state index in [1.54, 1.807) is 6.92 Å². The average Bonchev–Trinajstić information content (AvgIpc) is 2.48. The Bertz CT molecular complexity index is 494. The minimum absolute atomic E-state index is 0. The summed E-state index contributed by atoms with van der Waals surface area (Å²) in [5, 5.41) is 3.07. The molecule has 1 fully saturated rings. The minimum Gasteiger partial charge on any atom is -0.493 e. The molecule has 0 spiro atoms. The van der Waals surface area contributed by atoms with Crippen LogP contribution in [0.15, 0.2) is 18.2 Å². The SMILES string of the molecule is CCOc1cc([C@@H](N2CCNCC2)C(F)(F)F)ccc1OC.Cl. The summed E-state index contributed by atoms with van der Waals surface area (Å²) in [6.45, 7) is 3.98. The van der Waals surface area contributed by atoms with Crippen LogP contribution in [-0.4, -0.2) is 51.0 Å². The third kappa shape index (κ3) is 4.89. The molecule has 2 rings (SSSR count). The number of benzene rings is 1. The zero-order valence-corrected chi connectivity index (χ0v) is 14.0. The molecule has 1 saturated heterocycles. The molecule has 1 heterocycles. The lowest BCUT2D eigenvalue weighted by Crippen LogP contribution is -2.49. The molecule has 132 valence electrons. The van der Waals surface area contributed by atoms with E-state index in [0.717, 1.165) is 0 Å². The zero-order valence-electron chi connectivity index (χ0n) is 13.2. The van der Waals surface area contributed by atoms with Gasteiger partial charge in [-0.15, -0.1) is 12.4 Å². The first-order valence-electron chi connectivity index (χ1n) is 7.29. The highest BCUT2D eigenvalue weighted by Crippen LogP contribution is 2.40. The third-order valence-electron chi connectivity index (χ3n) is 3.63. The quantitative estimate of drug-likeness (QED) is 0.881. The Balaban J connectivity index is 0.00000264. The van der Waals surface area contributed by atoms with Crippen molar-refractivity contribution in [2.45, 2.75) is 19.1 Å². The van der Waals surface area contributed by atoms with Gasteiger partial charge in [-0.2, -0.15) is 13.2 Å². The first-order chi connectivity index (χ1) is 10.5. The Kier molecular flexibility index (Phi) is 7.44. The molecular weight excluding hydrogens is 333 g/mol. The highest BCUT2D eigenvalue weighted by atomic mass is 35.5. The maximum Gasteiger partial charge on any atom is 0.408 e. The molecule has 1 aliphatic rings. The van der Waals surface area contributed by atoms with Gasteiger partial charge in [0.15, 0.2) is 11.5 Å². The summed E-state index contributed by atoms with van der Waals surface area (Å²) in [7, 11) is 1.47. The van der Waals surface area contributed by atoms with Crippen LogP contribution in [0.3, 0.4) is 0 Å². The van der Waals surface area contributed by atoms with Gasteiger partial charge in [0.2, 0.25) is 0 Å². The molecule has 8 heteroatoms. The Hall–Kier alpha value is -1.18. The molecule has 1 aliphatic heterocycles. The topological polar surface area (TPSA) is 33.7 Å². The van der Waals surface area contributed by atoms with Crippen LogP contribution in [0.25, 0.3) is 0 Å². The highest BCUT2D eigenvalue weighted by Gasteiger charge is 2.45. The number of ether oxygens (including phenoxy) is 2. The van der Waals surface area contributed by atoms with Gasteiger partial charge in [0.25, 0.3) is 0 Å². The predicted octanol–water partition coefficient (Wildman–Crippen LogP) is 3.02. The normalized spacial score (nSPS) is 17.3. The van der Waals surface area contributed by atoms with Crippen molar-refractivity contribution in [2.75, 3.05) is 39.9 Å². The van der Waals surface area contributed by atoms with Crippen molar-refractivity contribution in [3.8, 4) is 11.5 Å². The lowest BCUT2D eigenvalue weighted by molar-refractivity contribution is -0.187. The first-order valence-corrected chi connectivity index (χ1v) is 7.29. The van der Waals surface area contributed by atoms with Crippen molar-refractivity contribution in [3.63, 3.8) is 0 Å². The Morgan fingerprint density at radius 1 is 1.22 bits per heavy atom. The summed E-state index contributed by atoms with van der Waals surface area (Å²) < 4.78 is 51.2. The number of nitrogens with one attached hydrogen (secondary N) is 1. The number of rotatable bonds is 5. The van der Waals surface area contributed by atoms with Gasteiger partial charge < -0.3 is 14.8 Å². The van der Waals surface area contributed by atoms with Crippen LogP contribution in [0.4, 0.5) is 13.2 Å². The van der Waals surface area contributed by atoms with Crippen molar-refractivity contribution in [1.82, 2.24) is 10.2 Å². The lowest BCUT2D eigenvalue weighted by atomic mass is 10.0. The summed E-state index contributed by atoms with van der Waals surface area (Å²) >= 11 is 0. The van der Waals surface area contributed by atoms with Crippen molar-refractivity contribution in [3.05, 3.63) is 23.8 Å². The summed E-state index contributed by atoms with van der Waals surface area (Å²) in [6.07, 6.45) is -4.34. The highest BCUT2D eigenvalue weighted by molar-refractivity contribution is 5.85. The van der Waals surface area contributed by atoms with Crippen molar-refractivity contribution < 1.29 is 22.6 Å². The number of alkyl halides is 3. The third-order valence-corrected chi connectivity index (χ3v) is 3.63. The maximum absolute atomic E-state index is 13.6. The Morgan fingerprint density at radius 2 is 1.87 bits per heavy atom. The summed E-state index contributed by atoms with van der Waals surface area (Å²) in [4.78, 5) is 1.45. The number of hydrogen-bond acceptors (Lipinski definition) is 4. The van der Waals surface area contributed by atoms with Crippen LogP contribution < -0.4 is 14.8 Å². The molecule has 0 saturated carbocycles. The molecule has 0 aromatic heterocycles. The molecule has 0 bridgehead atoms. The average molecular weight is 355 g/mol. The van der Waals surface area contributed by atoms with Crippen molar-refractivity contribution >= 4 is 12.4 Å². The lowest BCUT2D eigenvalue weighted by Gasteiger charge is -2.36. The van der Waals surface area contributed by atoms with E-state index in [-0.39, 0.29) is 18.0 Å². The molecule has 0 radical (unpaired) electrons. The predicted molar refractivity (Wildman–Crippen MR) is 84.6 cm³/mol. The van der Waals surface area contributed by atoms with Gasteiger partial charge in [-0.25, -0.2) is 0 Å². The molecule has 23 heavy (non-hydrogen) atoms. The van der Waals surface area contributed by atoms with Gasteiger partial charge in [0.1, 0.15) is 6.04 Å². The number of nitrogens with zero attached hydrogens (tertiary/aromatic N) is 1. The van der Waals surface area contributed by atoms with Gasteiger partial charge in [0.05, 0.1) is 13.7 Å². The maximum atomic E-state index is 13.6. The fraction of sp³-hybridized carbons (Fsp3) is 0.600. The molecule has 1 aromatic carbocycles. The van der Waals surface area contributed by atoms with E-state index in [4.69, 9.17) is 9.47 Å². The van der Waals surface area contributed by atoms with Gasteiger partial charge in [-0.05, 0) is 24.6 Å². The summed E-state index contributed by atoms with van der Waals surface area (Å²) in [5.74, 6) is 0.777. The zero-order chi connectivity index (χ0) is 16.2. The van der Waals surface area contributed by atoms with Crippen molar-refractivity contribution in [2.24, 2.45) is 0 Å². The fourth-order valence-electron chi connectivity index (χ4n) is 2.68. The Labute approximate surface area is 140 Å². The van der Waals surface area contributed by atoms with Crippen LogP contribution in [-0.2, 0) is 0 Å². The van der Waals surface area contributed by atoms with Gasteiger partial charge in [-0.3, -0.25) is 4.90 Å².